The van der Waals surface area contributed by atoms with Gasteiger partial charge in [-0.3, -0.25) is 14.4 Å². The van der Waals surface area contributed by atoms with Crippen LogP contribution in [0.2, 0.25) is 0 Å². The van der Waals surface area contributed by atoms with Crippen LogP contribution in [0.25, 0.3) is 0 Å². The molecule has 0 spiro atoms. The Labute approximate surface area is 190 Å². The second-order valence-electron chi connectivity index (χ2n) is 7.75. The van der Waals surface area contributed by atoms with Crippen molar-refractivity contribution in [3.05, 3.63) is 101 Å². The first-order valence-corrected chi connectivity index (χ1v) is 10.4. The first-order valence-electron chi connectivity index (χ1n) is 10.4. The van der Waals surface area contributed by atoms with Crippen LogP contribution in [0.4, 0.5) is 10.1 Å². The van der Waals surface area contributed by atoms with E-state index in [2.05, 4.69) is 0 Å². The predicted octanol–water partition coefficient (Wildman–Crippen LogP) is 4.23. The van der Waals surface area contributed by atoms with Gasteiger partial charge in [0, 0.05) is 5.56 Å². The van der Waals surface area contributed by atoms with Gasteiger partial charge in [-0.2, -0.15) is 5.26 Å². The molecule has 0 saturated carbocycles. The Balaban J connectivity index is 1.72. The van der Waals surface area contributed by atoms with Crippen LogP contribution in [0.5, 0.6) is 0 Å². The molecule has 3 aromatic carbocycles. The highest BCUT2D eigenvalue weighted by Gasteiger charge is 2.46. The molecule has 2 unspecified atom stereocenters. The van der Waals surface area contributed by atoms with Gasteiger partial charge in [0.15, 0.2) is 0 Å². The maximum atomic E-state index is 13.5. The molecule has 164 valence electrons. The van der Waals surface area contributed by atoms with Gasteiger partial charge in [0.05, 0.1) is 29.8 Å². The Morgan fingerprint density at radius 3 is 2.27 bits per heavy atom. The van der Waals surface area contributed by atoms with E-state index in [-0.39, 0.29) is 12.0 Å². The first-order chi connectivity index (χ1) is 15.9. The highest BCUT2D eigenvalue weighted by Crippen LogP contribution is 2.32. The molecular weight excluding hydrogens is 421 g/mol. The molecule has 0 radical (unpaired) electrons. The van der Waals surface area contributed by atoms with E-state index in [1.807, 2.05) is 36.4 Å². The van der Waals surface area contributed by atoms with Gasteiger partial charge in [0.2, 0.25) is 5.91 Å². The van der Waals surface area contributed by atoms with Crippen molar-refractivity contribution < 1.29 is 18.8 Å². The summed E-state index contributed by atoms with van der Waals surface area (Å²) in [4.78, 5) is 42.3. The Morgan fingerprint density at radius 1 is 1.03 bits per heavy atom. The third-order valence-corrected chi connectivity index (χ3v) is 5.74. The zero-order chi connectivity index (χ0) is 23.5. The number of rotatable bonds is 5. The molecule has 4 rings (SSSR count). The van der Waals surface area contributed by atoms with E-state index in [1.54, 1.807) is 6.92 Å². The van der Waals surface area contributed by atoms with Crippen molar-refractivity contribution in [2.24, 2.45) is 0 Å². The lowest BCUT2D eigenvalue weighted by Gasteiger charge is -2.33. The molecule has 0 bridgehead atoms. The number of imide groups is 1. The SMILES string of the molecule is CC(c1ccccc1)N(C(=O)c1ccc(F)cc1)C1CC(=O)N(c2ccc(C#N)cc2)C1=O. The number of carbonyl (C=O) groups excluding carboxylic acids is 3. The summed E-state index contributed by atoms with van der Waals surface area (Å²) >= 11 is 0. The fourth-order valence-corrected chi connectivity index (χ4v) is 4.01. The van der Waals surface area contributed by atoms with Gasteiger partial charge < -0.3 is 4.90 Å². The van der Waals surface area contributed by atoms with Crippen molar-refractivity contribution in [3.63, 3.8) is 0 Å². The molecule has 0 N–H and O–H groups in total. The molecule has 6 nitrogen and oxygen atoms in total. The lowest BCUT2D eigenvalue weighted by atomic mass is 10.0. The van der Waals surface area contributed by atoms with E-state index in [1.165, 1.54) is 53.4 Å². The number of carbonyl (C=O) groups is 3. The van der Waals surface area contributed by atoms with Gasteiger partial charge in [-0.25, -0.2) is 9.29 Å². The smallest absolute Gasteiger partial charge is 0.257 e. The second-order valence-corrected chi connectivity index (χ2v) is 7.75. The van der Waals surface area contributed by atoms with Crippen molar-refractivity contribution in [2.45, 2.75) is 25.4 Å². The van der Waals surface area contributed by atoms with Gasteiger partial charge >= 0.3 is 0 Å². The fourth-order valence-electron chi connectivity index (χ4n) is 4.01. The van der Waals surface area contributed by atoms with Crippen LogP contribution < -0.4 is 4.90 Å². The number of hydrogen-bond acceptors (Lipinski definition) is 4. The Kier molecular flexibility index (Phi) is 6.01. The molecular formula is C26H20FN3O3. The number of benzene rings is 3. The summed E-state index contributed by atoms with van der Waals surface area (Å²) < 4.78 is 13.4. The van der Waals surface area contributed by atoms with Crippen molar-refractivity contribution >= 4 is 23.4 Å². The minimum absolute atomic E-state index is 0.178. The maximum Gasteiger partial charge on any atom is 0.257 e. The van der Waals surface area contributed by atoms with Crippen LogP contribution in [0.1, 0.15) is 40.9 Å². The summed E-state index contributed by atoms with van der Waals surface area (Å²) in [6.07, 6.45) is -0.178. The number of nitrogens with zero attached hydrogens (tertiary/aromatic N) is 3. The first kappa shape index (κ1) is 21.9. The quantitative estimate of drug-likeness (QED) is 0.555. The van der Waals surface area contributed by atoms with Crippen LogP contribution in [0, 0.1) is 17.1 Å². The van der Waals surface area contributed by atoms with Crippen LogP contribution >= 0.6 is 0 Å². The molecule has 0 aliphatic carbocycles. The summed E-state index contributed by atoms with van der Waals surface area (Å²) in [6, 6.07) is 20.8. The molecule has 7 heteroatoms. The van der Waals surface area contributed by atoms with Crippen LogP contribution in [0.3, 0.4) is 0 Å². The zero-order valence-corrected chi connectivity index (χ0v) is 17.8. The van der Waals surface area contributed by atoms with Crippen molar-refractivity contribution in [1.29, 1.82) is 5.26 Å². The highest BCUT2D eigenvalue weighted by molar-refractivity contribution is 6.23. The van der Waals surface area contributed by atoms with Gasteiger partial charge in [-0.05, 0) is 61.0 Å². The number of nitriles is 1. The van der Waals surface area contributed by atoms with Gasteiger partial charge in [-0.1, -0.05) is 30.3 Å². The molecule has 3 amide bonds. The van der Waals surface area contributed by atoms with Gasteiger partial charge in [0.1, 0.15) is 11.9 Å². The minimum Gasteiger partial charge on any atom is -0.319 e. The fraction of sp³-hybridized carbons (Fsp3) is 0.154. The highest BCUT2D eigenvalue weighted by atomic mass is 19.1. The van der Waals surface area contributed by atoms with Gasteiger partial charge in [-0.15, -0.1) is 0 Å². The molecule has 1 aliphatic rings. The number of anilines is 1. The summed E-state index contributed by atoms with van der Waals surface area (Å²) in [7, 11) is 0. The van der Waals surface area contributed by atoms with E-state index in [0.29, 0.717) is 11.3 Å². The van der Waals surface area contributed by atoms with Crippen molar-refractivity contribution in [3.8, 4) is 6.07 Å². The summed E-state index contributed by atoms with van der Waals surface area (Å²) in [5.74, 6) is -1.91. The van der Waals surface area contributed by atoms with E-state index in [9.17, 15) is 18.8 Å². The summed E-state index contributed by atoms with van der Waals surface area (Å²) in [6.45, 7) is 1.79. The molecule has 1 heterocycles. The van der Waals surface area contributed by atoms with Gasteiger partial charge in [0.25, 0.3) is 11.8 Å². The van der Waals surface area contributed by atoms with Crippen LogP contribution in [-0.2, 0) is 9.59 Å². The summed E-state index contributed by atoms with van der Waals surface area (Å²) in [5, 5.41) is 9.00. The second kappa shape index (κ2) is 9.05. The van der Waals surface area contributed by atoms with E-state index >= 15 is 0 Å². The maximum absolute atomic E-state index is 13.5. The predicted molar refractivity (Wildman–Crippen MR) is 119 cm³/mol. The van der Waals surface area contributed by atoms with E-state index < -0.39 is 35.6 Å². The molecule has 1 saturated heterocycles. The number of amides is 3. The molecule has 1 aliphatic heterocycles. The average Bonchev–Trinajstić information content (AvgIpc) is 3.13. The third-order valence-electron chi connectivity index (χ3n) is 5.74. The Morgan fingerprint density at radius 2 is 1.67 bits per heavy atom. The molecule has 1 fully saturated rings. The Bertz CT molecular complexity index is 1230. The van der Waals surface area contributed by atoms with E-state index in [4.69, 9.17) is 5.26 Å². The third kappa shape index (κ3) is 4.23. The standard InChI is InChI=1S/C26H20FN3O3/c1-17(19-5-3-2-4-6-19)29(25(32)20-9-11-21(27)12-10-20)23-15-24(31)30(26(23)33)22-13-7-18(16-28)8-14-22/h2-14,17,23H,15H2,1H3. The van der Waals surface area contributed by atoms with Crippen LogP contribution in [0.15, 0.2) is 78.9 Å². The monoisotopic (exact) mass is 441 g/mol. The summed E-state index contributed by atoms with van der Waals surface area (Å²) in [5.41, 5.74) is 1.76. The van der Waals surface area contributed by atoms with Crippen molar-refractivity contribution in [1.82, 2.24) is 4.90 Å². The molecule has 0 aromatic heterocycles. The lowest BCUT2D eigenvalue weighted by molar-refractivity contribution is -0.122. The topological polar surface area (TPSA) is 81.5 Å². The minimum atomic E-state index is -1.03. The van der Waals surface area contributed by atoms with E-state index in [0.717, 1.165) is 10.5 Å². The number of hydrogen-bond donors (Lipinski definition) is 0. The van der Waals surface area contributed by atoms with Crippen LogP contribution in [-0.4, -0.2) is 28.7 Å². The lowest BCUT2D eigenvalue weighted by Crippen LogP contribution is -2.46. The van der Waals surface area contributed by atoms with Crippen molar-refractivity contribution in [2.75, 3.05) is 4.90 Å². The molecule has 2 atom stereocenters. The normalized spacial score (nSPS) is 16.4. The zero-order valence-electron chi connectivity index (χ0n) is 17.8. The molecule has 3 aromatic rings. The Hall–Kier alpha value is -4.31. The largest absolute Gasteiger partial charge is 0.319 e. The average molecular weight is 441 g/mol. The number of halogens is 1. The molecule has 33 heavy (non-hydrogen) atoms.